The fourth-order valence-corrected chi connectivity index (χ4v) is 4.06. The Morgan fingerprint density at radius 2 is 1.92 bits per heavy atom. The molecule has 0 aliphatic carbocycles. The Kier molecular flexibility index (Phi) is 5.58. The number of thioether (sulfide) groups is 1. The summed E-state index contributed by atoms with van der Waals surface area (Å²) in [7, 11) is 3.40. The van der Waals surface area contributed by atoms with Gasteiger partial charge in [0, 0.05) is 38.1 Å². The van der Waals surface area contributed by atoms with Crippen molar-refractivity contribution in [3.05, 3.63) is 56.1 Å². The number of carbonyl (C=O) groups excluding carboxylic acids is 1. The van der Waals surface area contributed by atoms with Crippen LogP contribution >= 0.6 is 24.0 Å². The average molecular weight is 388 g/mol. The number of ketones is 1. The molecule has 0 radical (unpaired) electrons. The van der Waals surface area contributed by atoms with Crippen LogP contribution in [0.5, 0.6) is 0 Å². The lowest BCUT2D eigenvalue weighted by molar-refractivity contribution is 0.0982. The molecular weight excluding hydrogens is 366 g/mol. The number of nitrogens with zero attached hydrogens (tertiary/aromatic N) is 3. The molecule has 0 amide bonds. The summed E-state index contributed by atoms with van der Waals surface area (Å²) in [5.41, 5.74) is 2.69. The zero-order valence-corrected chi connectivity index (χ0v) is 16.7. The quantitative estimate of drug-likeness (QED) is 0.445. The molecule has 0 atom stereocenters. The molecular formula is C19H21N3O2S2. The van der Waals surface area contributed by atoms with Gasteiger partial charge in [-0.15, -0.1) is 11.8 Å². The van der Waals surface area contributed by atoms with E-state index in [1.54, 1.807) is 30.4 Å². The van der Waals surface area contributed by atoms with Crippen LogP contribution in [-0.4, -0.2) is 25.7 Å². The fourth-order valence-electron chi connectivity index (χ4n) is 2.90. The molecule has 26 heavy (non-hydrogen) atoms. The molecule has 2 aromatic rings. The molecule has 136 valence electrons. The molecule has 5 nitrogen and oxygen atoms in total. The Bertz CT molecular complexity index is 1000. The summed E-state index contributed by atoms with van der Waals surface area (Å²) >= 11 is 7.01. The van der Waals surface area contributed by atoms with Crippen LogP contribution in [0.4, 0.5) is 5.82 Å². The predicted molar refractivity (Wildman–Crippen MR) is 109 cm³/mol. The van der Waals surface area contributed by atoms with Crippen molar-refractivity contribution in [2.24, 2.45) is 19.1 Å². The standard InChI is InChI=1S/C19H21N3O2S2/c1-12-6-8-13(9-7-12)15(23)5-4-10-26-16-11-14-17(20-16)21(2)19(24)22(3)18(14)25/h6-9H,4-5,10-11H2,1-3H3. The van der Waals surface area contributed by atoms with Crippen molar-refractivity contribution < 1.29 is 4.79 Å². The third-order valence-corrected chi connectivity index (χ3v) is 6.06. The van der Waals surface area contributed by atoms with Crippen molar-refractivity contribution in [1.29, 1.82) is 0 Å². The number of aryl methyl sites for hydroxylation is 1. The van der Waals surface area contributed by atoms with E-state index in [0.717, 1.165) is 33.9 Å². The van der Waals surface area contributed by atoms with Crippen molar-refractivity contribution >= 4 is 40.6 Å². The van der Waals surface area contributed by atoms with E-state index in [4.69, 9.17) is 12.2 Å². The van der Waals surface area contributed by atoms with Crippen molar-refractivity contribution in [1.82, 2.24) is 9.13 Å². The molecule has 0 unspecified atom stereocenters. The molecule has 0 bridgehead atoms. The summed E-state index contributed by atoms with van der Waals surface area (Å²) in [5.74, 6) is 1.65. The van der Waals surface area contributed by atoms with E-state index in [9.17, 15) is 9.59 Å². The Balaban J connectivity index is 1.57. The minimum atomic E-state index is -0.160. The number of rotatable bonds is 5. The van der Waals surface area contributed by atoms with E-state index >= 15 is 0 Å². The Labute approximate surface area is 161 Å². The highest BCUT2D eigenvalue weighted by Gasteiger charge is 2.21. The first-order valence-corrected chi connectivity index (χ1v) is 9.87. The van der Waals surface area contributed by atoms with E-state index < -0.39 is 0 Å². The van der Waals surface area contributed by atoms with Gasteiger partial charge in [-0.3, -0.25) is 13.9 Å². The highest BCUT2D eigenvalue weighted by atomic mass is 32.2. The van der Waals surface area contributed by atoms with Crippen LogP contribution < -0.4 is 5.69 Å². The molecule has 3 rings (SSSR count). The number of aliphatic imine (C=N–C) groups is 1. The van der Waals surface area contributed by atoms with Gasteiger partial charge in [-0.25, -0.2) is 9.79 Å². The van der Waals surface area contributed by atoms with E-state index in [2.05, 4.69) is 4.99 Å². The molecule has 0 N–H and O–H groups in total. The second-order valence-corrected chi connectivity index (χ2v) is 7.99. The summed E-state index contributed by atoms with van der Waals surface area (Å²) in [4.78, 5) is 28.9. The van der Waals surface area contributed by atoms with Crippen molar-refractivity contribution in [3.63, 3.8) is 0 Å². The molecule has 2 heterocycles. The Morgan fingerprint density at radius 1 is 1.23 bits per heavy atom. The number of carbonyl (C=O) groups is 1. The first kappa shape index (κ1) is 18.8. The summed E-state index contributed by atoms with van der Waals surface area (Å²) < 4.78 is 3.58. The van der Waals surface area contributed by atoms with Crippen molar-refractivity contribution in [2.45, 2.75) is 26.2 Å². The Morgan fingerprint density at radius 3 is 2.62 bits per heavy atom. The van der Waals surface area contributed by atoms with E-state index in [-0.39, 0.29) is 11.5 Å². The van der Waals surface area contributed by atoms with Crippen LogP contribution in [0.15, 0.2) is 34.1 Å². The van der Waals surface area contributed by atoms with Gasteiger partial charge in [-0.05, 0) is 19.1 Å². The maximum atomic E-state index is 12.2. The summed E-state index contributed by atoms with van der Waals surface area (Å²) in [6.07, 6.45) is 1.98. The van der Waals surface area contributed by atoms with Crippen LogP contribution in [0, 0.1) is 11.6 Å². The smallest absolute Gasteiger partial charge is 0.294 e. The maximum Gasteiger partial charge on any atom is 0.330 e. The van der Waals surface area contributed by atoms with Gasteiger partial charge in [0.2, 0.25) is 0 Å². The minimum Gasteiger partial charge on any atom is -0.294 e. The summed E-state index contributed by atoms with van der Waals surface area (Å²) in [6, 6.07) is 7.69. The van der Waals surface area contributed by atoms with E-state index in [0.29, 0.717) is 23.3 Å². The lowest BCUT2D eigenvalue weighted by Crippen LogP contribution is -2.28. The molecule has 1 aromatic heterocycles. The number of fused-ring (bicyclic) bond motifs is 1. The molecule has 1 aromatic carbocycles. The second-order valence-electron chi connectivity index (χ2n) is 6.43. The monoisotopic (exact) mass is 387 g/mol. The molecule has 0 fully saturated rings. The van der Waals surface area contributed by atoms with Gasteiger partial charge >= 0.3 is 5.69 Å². The highest BCUT2D eigenvalue weighted by Crippen LogP contribution is 2.29. The maximum absolute atomic E-state index is 12.2. The average Bonchev–Trinajstić information content (AvgIpc) is 3.06. The third-order valence-electron chi connectivity index (χ3n) is 4.47. The van der Waals surface area contributed by atoms with Crippen LogP contribution in [0.2, 0.25) is 0 Å². The van der Waals surface area contributed by atoms with Crippen LogP contribution in [-0.2, 0) is 20.5 Å². The van der Waals surface area contributed by atoms with Crippen molar-refractivity contribution in [3.8, 4) is 0 Å². The zero-order chi connectivity index (χ0) is 18.8. The number of Topliss-reactive ketones (excluding diaryl/α,β-unsaturated/α-hetero) is 1. The van der Waals surface area contributed by atoms with Crippen molar-refractivity contribution in [2.75, 3.05) is 5.75 Å². The summed E-state index contributed by atoms with van der Waals surface area (Å²) in [5, 5.41) is 0.954. The highest BCUT2D eigenvalue weighted by molar-refractivity contribution is 8.14. The molecule has 0 saturated heterocycles. The van der Waals surface area contributed by atoms with Crippen LogP contribution in [0.1, 0.15) is 34.3 Å². The number of aromatic nitrogens is 2. The first-order chi connectivity index (χ1) is 12.4. The molecule has 0 spiro atoms. The zero-order valence-electron chi connectivity index (χ0n) is 15.1. The molecule has 1 aliphatic rings. The van der Waals surface area contributed by atoms with Crippen LogP contribution in [0.3, 0.4) is 0 Å². The molecule has 0 saturated carbocycles. The van der Waals surface area contributed by atoms with Gasteiger partial charge in [0.25, 0.3) is 0 Å². The lowest BCUT2D eigenvalue weighted by Gasteiger charge is -2.07. The number of benzene rings is 1. The van der Waals surface area contributed by atoms with Gasteiger partial charge in [-0.1, -0.05) is 42.0 Å². The van der Waals surface area contributed by atoms with E-state index in [1.165, 1.54) is 4.57 Å². The first-order valence-electron chi connectivity index (χ1n) is 8.47. The minimum absolute atomic E-state index is 0.160. The number of hydrogen-bond donors (Lipinski definition) is 0. The SMILES string of the molecule is Cc1ccc(C(=O)CCCSC2=Nc3c(c(=S)n(C)c(=O)n3C)C2)cc1. The fraction of sp³-hybridized carbons (Fsp3) is 0.368. The molecule has 7 heteroatoms. The lowest BCUT2D eigenvalue weighted by atomic mass is 10.1. The van der Waals surface area contributed by atoms with E-state index in [1.807, 2.05) is 31.2 Å². The van der Waals surface area contributed by atoms with Gasteiger partial charge in [-0.2, -0.15) is 0 Å². The largest absolute Gasteiger partial charge is 0.330 e. The van der Waals surface area contributed by atoms with Crippen LogP contribution in [0.25, 0.3) is 0 Å². The van der Waals surface area contributed by atoms with Gasteiger partial charge in [0.05, 0.1) is 5.04 Å². The van der Waals surface area contributed by atoms with Gasteiger partial charge < -0.3 is 0 Å². The third kappa shape index (κ3) is 3.73. The topological polar surface area (TPSA) is 56.4 Å². The molecule has 1 aliphatic heterocycles. The number of hydrogen-bond acceptors (Lipinski definition) is 5. The normalized spacial score (nSPS) is 12.8. The van der Waals surface area contributed by atoms with Gasteiger partial charge in [0.1, 0.15) is 10.5 Å². The predicted octanol–water partition coefficient (Wildman–Crippen LogP) is 3.74. The van der Waals surface area contributed by atoms with Gasteiger partial charge in [0.15, 0.2) is 5.78 Å². The summed E-state index contributed by atoms with van der Waals surface area (Å²) in [6.45, 7) is 2.01. The second kappa shape index (κ2) is 7.72. The Hall–Kier alpha value is -1.99.